The first-order valence-corrected chi connectivity index (χ1v) is 13.1. The summed E-state index contributed by atoms with van der Waals surface area (Å²) in [6.07, 6.45) is 0.148. The van der Waals surface area contributed by atoms with Gasteiger partial charge in [-0.15, -0.1) is 0 Å². The van der Waals surface area contributed by atoms with Crippen molar-refractivity contribution in [3.63, 3.8) is 0 Å². The number of aryl methyl sites for hydroxylation is 1. The third kappa shape index (κ3) is 5.26. The number of carbonyl (C=O) groups is 4. The number of esters is 1. The molecule has 1 aliphatic rings. The summed E-state index contributed by atoms with van der Waals surface area (Å²) in [5.74, 6) is -1.31. The van der Waals surface area contributed by atoms with Gasteiger partial charge < -0.3 is 18.9 Å². The Hall–Kier alpha value is -5.05. The smallest absolute Gasteiger partial charge is 0.333 e. The number of oxime groups is 1. The van der Waals surface area contributed by atoms with Gasteiger partial charge >= 0.3 is 11.9 Å². The molecule has 0 amide bonds. The quantitative estimate of drug-likeness (QED) is 0.100. The molecule has 9 nitrogen and oxygen atoms in total. The third-order valence-electron chi connectivity index (χ3n) is 6.91. The standard InChI is InChI=1S/C32H28N2O7/c1-18(2)32(38)40-16-14-34-26-11-9-21(29(36)22-8-6-5-7-19(22)3)17-24(26)28-27(34)12-10-23-30(37)25(33-41-20(4)35)13-15-39-31(23)28/h5-12,17H,1,13-16H2,2-4H3/b33-25+. The van der Waals surface area contributed by atoms with E-state index < -0.39 is 17.7 Å². The Kier molecular flexibility index (Phi) is 7.52. The second-order valence-electron chi connectivity index (χ2n) is 9.83. The van der Waals surface area contributed by atoms with Crippen LogP contribution < -0.4 is 4.74 Å². The molecule has 9 heteroatoms. The number of hydrogen-bond donors (Lipinski definition) is 0. The molecule has 1 aliphatic heterocycles. The largest absolute Gasteiger partial charge is 0.492 e. The molecule has 1 aromatic heterocycles. The number of carbonyl (C=O) groups excluding carboxylic acids is 4. The van der Waals surface area contributed by atoms with Gasteiger partial charge in [0.25, 0.3) is 0 Å². The van der Waals surface area contributed by atoms with Gasteiger partial charge in [-0.25, -0.2) is 9.59 Å². The van der Waals surface area contributed by atoms with Crippen LogP contribution in [0, 0.1) is 6.92 Å². The molecule has 4 aromatic rings. The van der Waals surface area contributed by atoms with Crippen molar-refractivity contribution in [3.8, 4) is 5.75 Å². The lowest BCUT2D eigenvalue weighted by Crippen LogP contribution is -2.15. The maximum atomic E-state index is 13.5. The van der Waals surface area contributed by atoms with Crippen LogP contribution in [-0.2, 0) is 25.7 Å². The highest BCUT2D eigenvalue weighted by atomic mass is 16.7. The third-order valence-corrected chi connectivity index (χ3v) is 6.91. The highest BCUT2D eigenvalue weighted by Crippen LogP contribution is 2.40. The predicted molar refractivity (Wildman–Crippen MR) is 153 cm³/mol. The van der Waals surface area contributed by atoms with Crippen molar-refractivity contribution in [2.24, 2.45) is 5.16 Å². The number of Topliss-reactive ketones (excluding diaryl/α,β-unsaturated/α-hetero) is 1. The topological polar surface area (TPSA) is 113 Å². The molecule has 0 N–H and O–H groups in total. The lowest BCUT2D eigenvalue weighted by atomic mass is 9.97. The average Bonchev–Trinajstić information content (AvgIpc) is 3.17. The summed E-state index contributed by atoms with van der Waals surface area (Å²) in [5, 5.41) is 5.10. The lowest BCUT2D eigenvalue weighted by molar-refractivity contribution is -0.141. The maximum absolute atomic E-state index is 13.5. The minimum Gasteiger partial charge on any atom is -0.492 e. The van der Waals surface area contributed by atoms with E-state index in [0.717, 1.165) is 16.6 Å². The number of rotatable bonds is 7. The average molecular weight is 553 g/mol. The number of hydrogen-bond acceptors (Lipinski definition) is 8. The van der Waals surface area contributed by atoms with Crippen LogP contribution in [0.5, 0.6) is 5.75 Å². The molecule has 0 unspecified atom stereocenters. The van der Waals surface area contributed by atoms with E-state index in [2.05, 4.69) is 11.7 Å². The predicted octanol–water partition coefficient (Wildman–Crippen LogP) is 5.34. The fourth-order valence-corrected chi connectivity index (χ4v) is 4.93. The van der Waals surface area contributed by atoms with E-state index in [4.69, 9.17) is 14.3 Å². The van der Waals surface area contributed by atoms with Crippen LogP contribution in [0.1, 0.15) is 52.1 Å². The minimum atomic E-state index is -0.632. The first kappa shape index (κ1) is 27.5. The number of fused-ring (bicyclic) bond motifs is 5. The molecule has 0 atom stereocenters. The normalized spacial score (nSPS) is 13.9. The van der Waals surface area contributed by atoms with Crippen LogP contribution in [0.3, 0.4) is 0 Å². The fourth-order valence-electron chi connectivity index (χ4n) is 4.93. The molecular formula is C32H28N2O7. The van der Waals surface area contributed by atoms with E-state index in [1.165, 1.54) is 6.92 Å². The molecule has 41 heavy (non-hydrogen) atoms. The number of ketones is 2. The molecule has 208 valence electrons. The van der Waals surface area contributed by atoms with Crippen LogP contribution in [0.25, 0.3) is 21.8 Å². The van der Waals surface area contributed by atoms with Gasteiger partial charge in [0.15, 0.2) is 5.78 Å². The zero-order valence-electron chi connectivity index (χ0n) is 23.0. The fraction of sp³-hybridized carbons (Fsp3) is 0.219. The summed E-state index contributed by atoms with van der Waals surface area (Å²) < 4.78 is 13.5. The SMILES string of the molecule is C=C(C)C(=O)OCCn1c2ccc(C(=O)c3ccccc3C)cc2c2c3c(ccc21)C(=O)/C(=N/OC(C)=O)CCO3. The Balaban J connectivity index is 1.68. The Bertz CT molecular complexity index is 1790. The zero-order chi connectivity index (χ0) is 29.3. The van der Waals surface area contributed by atoms with E-state index in [0.29, 0.717) is 39.8 Å². The zero-order valence-corrected chi connectivity index (χ0v) is 23.0. The molecule has 0 fully saturated rings. The number of aromatic nitrogens is 1. The van der Waals surface area contributed by atoms with Gasteiger partial charge in [0.05, 0.1) is 29.6 Å². The summed E-state index contributed by atoms with van der Waals surface area (Å²) in [4.78, 5) is 55.0. The number of benzene rings is 3. The van der Waals surface area contributed by atoms with Gasteiger partial charge in [-0.2, -0.15) is 0 Å². The van der Waals surface area contributed by atoms with Gasteiger partial charge in [0, 0.05) is 40.9 Å². The van der Waals surface area contributed by atoms with Crippen LogP contribution >= 0.6 is 0 Å². The van der Waals surface area contributed by atoms with Crippen molar-refractivity contribution in [1.82, 2.24) is 4.57 Å². The molecule has 5 rings (SSSR count). The monoisotopic (exact) mass is 552 g/mol. The van der Waals surface area contributed by atoms with Crippen molar-refractivity contribution in [2.75, 3.05) is 13.2 Å². The minimum absolute atomic E-state index is 0.0733. The molecule has 0 aliphatic carbocycles. The molecule has 0 saturated carbocycles. The Morgan fingerprint density at radius 1 is 1.05 bits per heavy atom. The van der Waals surface area contributed by atoms with Crippen LogP contribution in [0.4, 0.5) is 0 Å². The number of nitrogens with zero attached hydrogens (tertiary/aromatic N) is 2. The van der Waals surface area contributed by atoms with Gasteiger partial charge in [0.1, 0.15) is 18.1 Å². The molecular weight excluding hydrogens is 524 g/mol. The Morgan fingerprint density at radius 2 is 1.80 bits per heavy atom. The summed E-state index contributed by atoms with van der Waals surface area (Å²) in [7, 11) is 0. The van der Waals surface area contributed by atoms with E-state index >= 15 is 0 Å². The van der Waals surface area contributed by atoms with Crippen molar-refractivity contribution in [2.45, 2.75) is 33.7 Å². The van der Waals surface area contributed by atoms with Crippen LogP contribution in [-0.4, -0.2) is 47.0 Å². The highest BCUT2D eigenvalue weighted by Gasteiger charge is 2.28. The molecule has 3 aromatic carbocycles. The number of ether oxygens (including phenoxy) is 2. The Morgan fingerprint density at radius 3 is 2.54 bits per heavy atom. The van der Waals surface area contributed by atoms with Crippen molar-refractivity contribution < 1.29 is 33.5 Å². The molecule has 0 bridgehead atoms. The first-order valence-electron chi connectivity index (χ1n) is 13.1. The molecule has 0 spiro atoms. The van der Waals surface area contributed by atoms with Gasteiger partial charge in [-0.3, -0.25) is 9.59 Å². The molecule has 0 radical (unpaired) electrons. The van der Waals surface area contributed by atoms with Gasteiger partial charge in [-0.1, -0.05) is 36.0 Å². The van der Waals surface area contributed by atoms with Gasteiger partial charge in [0.2, 0.25) is 5.78 Å². The summed E-state index contributed by atoms with van der Waals surface area (Å²) in [6.45, 7) is 8.83. The Labute approximate surface area is 236 Å². The summed E-state index contributed by atoms with van der Waals surface area (Å²) in [6, 6.07) is 16.2. The maximum Gasteiger partial charge on any atom is 0.333 e. The van der Waals surface area contributed by atoms with Crippen molar-refractivity contribution >= 4 is 51.0 Å². The lowest BCUT2D eigenvalue weighted by Gasteiger charge is -2.10. The van der Waals surface area contributed by atoms with Crippen LogP contribution in [0.2, 0.25) is 0 Å². The second kappa shape index (κ2) is 11.2. The van der Waals surface area contributed by atoms with E-state index in [1.807, 2.05) is 35.8 Å². The van der Waals surface area contributed by atoms with Crippen LogP contribution in [0.15, 0.2) is 71.9 Å². The van der Waals surface area contributed by atoms with E-state index in [-0.39, 0.29) is 36.7 Å². The first-order chi connectivity index (χ1) is 19.7. The summed E-state index contributed by atoms with van der Waals surface area (Å²) >= 11 is 0. The van der Waals surface area contributed by atoms with Crippen molar-refractivity contribution in [3.05, 3.63) is 89.0 Å². The second-order valence-corrected chi connectivity index (χ2v) is 9.83. The molecule has 2 heterocycles. The van der Waals surface area contributed by atoms with E-state index in [9.17, 15) is 19.2 Å². The summed E-state index contributed by atoms with van der Waals surface area (Å²) in [5.41, 5.74) is 4.09. The van der Waals surface area contributed by atoms with Crippen molar-refractivity contribution in [1.29, 1.82) is 0 Å². The van der Waals surface area contributed by atoms with Gasteiger partial charge in [-0.05, 0) is 49.7 Å². The molecule has 0 saturated heterocycles. The highest BCUT2D eigenvalue weighted by molar-refractivity contribution is 6.47. The van der Waals surface area contributed by atoms with E-state index in [1.54, 1.807) is 37.3 Å².